The first-order valence-electron chi connectivity index (χ1n) is 3.98. The second kappa shape index (κ2) is 3.66. The van der Waals surface area contributed by atoms with Gasteiger partial charge in [-0.15, -0.1) is 0 Å². The van der Waals surface area contributed by atoms with Crippen LogP contribution in [0.4, 0.5) is 0 Å². The average molecular weight is 300 g/mol. The maximum atomic E-state index is 11.0. The zero-order valence-corrected chi connectivity index (χ0v) is 10.3. The van der Waals surface area contributed by atoms with Crippen LogP contribution in [-0.4, -0.2) is 15.8 Å². The minimum Gasteiger partial charge on any atom is -0.465 e. The van der Waals surface area contributed by atoms with Crippen molar-refractivity contribution in [3.8, 4) is 0 Å². The van der Waals surface area contributed by atoms with E-state index in [0.717, 1.165) is 6.42 Å². The van der Waals surface area contributed by atoms with E-state index >= 15 is 0 Å². The van der Waals surface area contributed by atoms with Gasteiger partial charge in [-0.2, -0.15) is 0 Å². The molecule has 1 saturated carbocycles. The fraction of sp³-hybridized carbons (Fsp3) is 0.875. The van der Waals surface area contributed by atoms with E-state index in [1.807, 2.05) is 13.8 Å². The lowest BCUT2D eigenvalue weighted by Gasteiger charge is -2.06. The summed E-state index contributed by atoms with van der Waals surface area (Å²) in [5, 5.41) is 0. The molecule has 0 spiro atoms. The molecular weight excluding hydrogens is 288 g/mol. The van der Waals surface area contributed by atoms with Crippen molar-refractivity contribution in [2.75, 3.05) is 6.61 Å². The van der Waals surface area contributed by atoms with Crippen LogP contribution < -0.4 is 0 Å². The predicted octanol–water partition coefficient (Wildman–Crippen LogP) is 2.69. The number of hydrogen-bond acceptors (Lipinski definition) is 2. The number of carbonyl (C=O) groups excluding carboxylic acids is 1. The molecule has 0 heterocycles. The van der Waals surface area contributed by atoms with E-state index < -0.39 is 0 Å². The fourth-order valence-electron chi connectivity index (χ4n) is 0.800. The Hall–Kier alpha value is 0.430. The second-order valence-electron chi connectivity index (χ2n) is 3.45. The standard InChI is InChI=1S/C8H12Br2O2/c1-5(2)7(11)12-4-6-3-8(6,9)10/h5-6H,3-4H2,1-2H3. The van der Waals surface area contributed by atoms with Crippen LogP contribution in [0.15, 0.2) is 0 Å². The molecule has 0 bridgehead atoms. The smallest absolute Gasteiger partial charge is 0.308 e. The third kappa shape index (κ3) is 2.73. The Balaban J connectivity index is 2.16. The number of ether oxygens (including phenoxy) is 1. The van der Waals surface area contributed by atoms with Crippen molar-refractivity contribution in [2.45, 2.75) is 23.5 Å². The number of rotatable bonds is 3. The van der Waals surface area contributed by atoms with Crippen LogP contribution in [0.25, 0.3) is 0 Å². The van der Waals surface area contributed by atoms with Gasteiger partial charge in [0.1, 0.15) is 0 Å². The summed E-state index contributed by atoms with van der Waals surface area (Å²) >= 11 is 6.93. The molecule has 0 aromatic heterocycles. The average Bonchev–Trinajstić information content (AvgIpc) is 2.54. The maximum Gasteiger partial charge on any atom is 0.308 e. The molecule has 1 unspecified atom stereocenters. The molecule has 0 aromatic carbocycles. The maximum absolute atomic E-state index is 11.0. The van der Waals surface area contributed by atoms with E-state index in [2.05, 4.69) is 31.9 Å². The molecule has 0 N–H and O–H groups in total. The van der Waals surface area contributed by atoms with Gasteiger partial charge in [-0.05, 0) is 6.42 Å². The van der Waals surface area contributed by atoms with Gasteiger partial charge in [0.25, 0.3) is 0 Å². The molecule has 0 amide bonds. The molecule has 70 valence electrons. The zero-order valence-electron chi connectivity index (χ0n) is 7.14. The van der Waals surface area contributed by atoms with E-state index in [-0.39, 0.29) is 15.1 Å². The van der Waals surface area contributed by atoms with Gasteiger partial charge < -0.3 is 4.74 Å². The summed E-state index contributed by atoms with van der Waals surface area (Å²) in [6, 6.07) is 0. The molecule has 0 saturated heterocycles. The second-order valence-corrected chi connectivity index (χ2v) is 7.34. The summed E-state index contributed by atoms with van der Waals surface area (Å²) in [6.45, 7) is 4.20. The number of carbonyl (C=O) groups is 1. The highest BCUT2D eigenvalue weighted by atomic mass is 79.9. The lowest BCUT2D eigenvalue weighted by Crippen LogP contribution is -2.14. The van der Waals surface area contributed by atoms with Crippen molar-refractivity contribution in [1.82, 2.24) is 0 Å². The Kier molecular flexibility index (Phi) is 3.21. The van der Waals surface area contributed by atoms with E-state index in [1.165, 1.54) is 0 Å². The predicted molar refractivity (Wildman–Crippen MR) is 54.5 cm³/mol. The molecule has 0 aliphatic heterocycles. The first-order chi connectivity index (χ1) is 5.43. The third-order valence-electron chi connectivity index (χ3n) is 1.85. The van der Waals surface area contributed by atoms with Crippen LogP contribution in [0, 0.1) is 11.8 Å². The molecule has 0 aromatic rings. The van der Waals surface area contributed by atoms with Gasteiger partial charge in [0.2, 0.25) is 0 Å². The summed E-state index contributed by atoms with van der Waals surface area (Å²) in [5.74, 6) is 0.293. The first kappa shape index (κ1) is 10.5. The van der Waals surface area contributed by atoms with Gasteiger partial charge >= 0.3 is 5.97 Å². The zero-order chi connectivity index (χ0) is 9.35. The first-order valence-corrected chi connectivity index (χ1v) is 5.56. The van der Waals surface area contributed by atoms with Gasteiger partial charge in [0.15, 0.2) is 0 Å². The Morgan fingerprint density at radius 3 is 2.50 bits per heavy atom. The Morgan fingerprint density at radius 2 is 2.17 bits per heavy atom. The Labute approximate surface area is 89.3 Å². The van der Waals surface area contributed by atoms with Crippen molar-refractivity contribution in [3.05, 3.63) is 0 Å². The molecule has 4 heteroatoms. The number of esters is 1. The molecule has 2 nitrogen and oxygen atoms in total. The molecule has 0 radical (unpaired) electrons. The summed E-state index contributed by atoms with van der Waals surface area (Å²) in [5.41, 5.74) is 0. The molecular formula is C8H12Br2O2. The minimum atomic E-state index is -0.113. The van der Waals surface area contributed by atoms with Crippen LogP contribution in [0.3, 0.4) is 0 Å². The van der Waals surface area contributed by atoms with Crippen LogP contribution in [0.5, 0.6) is 0 Å². The quantitative estimate of drug-likeness (QED) is 0.592. The number of hydrogen-bond donors (Lipinski definition) is 0. The van der Waals surface area contributed by atoms with Crippen LogP contribution in [0.2, 0.25) is 0 Å². The lowest BCUT2D eigenvalue weighted by atomic mass is 10.2. The monoisotopic (exact) mass is 298 g/mol. The lowest BCUT2D eigenvalue weighted by molar-refractivity contribution is -0.147. The summed E-state index contributed by atoms with van der Waals surface area (Å²) < 4.78 is 5.10. The molecule has 1 fully saturated rings. The molecule has 1 aliphatic carbocycles. The van der Waals surface area contributed by atoms with Crippen molar-refractivity contribution in [2.24, 2.45) is 11.8 Å². The van der Waals surface area contributed by atoms with Crippen LogP contribution >= 0.6 is 31.9 Å². The molecule has 1 aliphatic rings. The van der Waals surface area contributed by atoms with Crippen molar-refractivity contribution >= 4 is 37.8 Å². The van der Waals surface area contributed by atoms with Gasteiger partial charge in [-0.1, -0.05) is 45.7 Å². The Bertz CT molecular complexity index is 189. The van der Waals surface area contributed by atoms with Gasteiger partial charge in [-0.25, -0.2) is 0 Å². The number of alkyl halides is 2. The van der Waals surface area contributed by atoms with Crippen molar-refractivity contribution in [1.29, 1.82) is 0 Å². The Morgan fingerprint density at radius 1 is 1.67 bits per heavy atom. The van der Waals surface area contributed by atoms with E-state index in [1.54, 1.807) is 0 Å². The highest BCUT2D eigenvalue weighted by Crippen LogP contribution is 2.56. The van der Waals surface area contributed by atoms with Gasteiger partial charge in [-0.3, -0.25) is 4.79 Å². The minimum absolute atomic E-state index is 0.0243. The van der Waals surface area contributed by atoms with E-state index in [9.17, 15) is 4.79 Å². The summed E-state index contributed by atoms with van der Waals surface area (Å²) in [6.07, 6.45) is 1.03. The summed E-state index contributed by atoms with van der Waals surface area (Å²) in [7, 11) is 0. The third-order valence-corrected chi connectivity index (χ3v) is 3.80. The van der Waals surface area contributed by atoms with Gasteiger partial charge in [0, 0.05) is 5.92 Å². The van der Waals surface area contributed by atoms with E-state index in [0.29, 0.717) is 12.5 Å². The topological polar surface area (TPSA) is 26.3 Å². The largest absolute Gasteiger partial charge is 0.465 e. The van der Waals surface area contributed by atoms with Crippen LogP contribution in [-0.2, 0) is 9.53 Å². The normalized spacial score (nSPS) is 25.6. The number of halogens is 2. The van der Waals surface area contributed by atoms with Gasteiger partial charge in [0.05, 0.1) is 15.8 Å². The molecule has 1 rings (SSSR count). The summed E-state index contributed by atoms with van der Waals surface area (Å²) in [4.78, 5) is 11.0. The SMILES string of the molecule is CC(C)C(=O)OCC1CC1(Br)Br. The van der Waals surface area contributed by atoms with Crippen molar-refractivity contribution < 1.29 is 9.53 Å². The fourth-order valence-corrected chi connectivity index (χ4v) is 1.85. The van der Waals surface area contributed by atoms with Crippen LogP contribution in [0.1, 0.15) is 20.3 Å². The molecule has 12 heavy (non-hydrogen) atoms. The highest BCUT2D eigenvalue weighted by molar-refractivity contribution is 9.25. The van der Waals surface area contributed by atoms with E-state index in [4.69, 9.17) is 4.74 Å². The molecule has 1 atom stereocenters. The van der Waals surface area contributed by atoms with Crippen molar-refractivity contribution in [3.63, 3.8) is 0 Å². The highest BCUT2D eigenvalue weighted by Gasteiger charge is 2.50.